The summed E-state index contributed by atoms with van der Waals surface area (Å²) in [4.78, 5) is 13.6. The van der Waals surface area contributed by atoms with Crippen LogP contribution in [0.4, 0.5) is 10.7 Å². The maximum Gasteiger partial charge on any atom is 0.321 e. The summed E-state index contributed by atoms with van der Waals surface area (Å²) in [7, 11) is 0. The highest BCUT2D eigenvalue weighted by atomic mass is 16.3. The van der Waals surface area contributed by atoms with Crippen molar-refractivity contribution in [2.24, 2.45) is 0 Å². The lowest BCUT2D eigenvalue weighted by Gasteiger charge is -2.17. The number of urea groups is 1. The number of nitrogens with one attached hydrogen (secondary N) is 2. The zero-order chi connectivity index (χ0) is 11.8. The number of furan rings is 1. The highest BCUT2D eigenvalue weighted by Crippen LogP contribution is 2.05. The monoisotopic (exact) mass is 225 g/mol. The number of rotatable bonds is 6. The van der Waals surface area contributed by atoms with Gasteiger partial charge in [0.1, 0.15) is 0 Å². The Hall–Kier alpha value is -1.49. The van der Waals surface area contributed by atoms with E-state index in [0.717, 1.165) is 19.6 Å². The lowest BCUT2D eigenvalue weighted by atomic mass is 10.4. The van der Waals surface area contributed by atoms with Gasteiger partial charge >= 0.3 is 6.03 Å². The average molecular weight is 225 g/mol. The Morgan fingerprint density at radius 1 is 1.44 bits per heavy atom. The van der Waals surface area contributed by atoms with Crippen molar-refractivity contribution in [3.63, 3.8) is 0 Å². The van der Waals surface area contributed by atoms with Crippen molar-refractivity contribution in [1.29, 1.82) is 0 Å². The van der Waals surface area contributed by atoms with Crippen molar-refractivity contribution in [2.45, 2.75) is 13.8 Å². The fourth-order valence-corrected chi connectivity index (χ4v) is 1.37. The molecule has 2 N–H and O–H groups in total. The predicted octanol–water partition coefficient (Wildman–Crippen LogP) is 1.74. The minimum atomic E-state index is -0.234. The van der Waals surface area contributed by atoms with Crippen LogP contribution < -0.4 is 10.6 Å². The first-order valence-corrected chi connectivity index (χ1v) is 5.57. The van der Waals surface area contributed by atoms with Crippen LogP contribution in [-0.2, 0) is 0 Å². The van der Waals surface area contributed by atoms with E-state index in [2.05, 4.69) is 29.4 Å². The third-order valence-corrected chi connectivity index (χ3v) is 2.37. The largest absolute Gasteiger partial charge is 0.449 e. The summed E-state index contributed by atoms with van der Waals surface area (Å²) in [6, 6.07) is 3.19. The summed E-state index contributed by atoms with van der Waals surface area (Å²) in [6.07, 6.45) is 1.52. The van der Waals surface area contributed by atoms with E-state index in [9.17, 15) is 4.79 Å². The molecule has 5 heteroatoms. The molecule has 0 spiro atoms. The zero-order valence-corrected chi connectivity index (χ0v) is 9.82. The van der Waals surface area contributed by atoms with Crippen LogP contribution in [0.3, 0.4) is 0 Å². The van der Waals surface area contributed by atoms with Gasteiger partial charge in [-0.05, 0) is 19.2 Å². The Labute approximate surface area is 95.8 Å². The van der Waals surface area contributed by atoms with Crippen LogP contribution in [0.2, 0.25) is 0 Å². The van der Waals surface area contributed by atoms with E-state index in [-0.39, 0.29) is 6.03 Å². The Bertz CT molecular complexity index is 294. The van der Waals surface area contributed by atoms with E-state index in [1.807, 2.05) is 0 Å². The predicted molar refractivity (Wildman–Crippen MR) is 63.5 cm³/mol. The second-order valence-corrected chi connectivity index (χ2v) is 3.39. The summed E-state index contributed by atoms with van der Waals surface area (Å²) in [5, 5.41) is 5.36. The molecule has 2 amide bonds. The first-order chi connectivity index (χ1) is 7.76. The summed E-state index contributed by atoms with van der Waals surface area (Å²) >= 11 is 0. The molecular weight excluding hydrogens is 206 g/mol. The lowest BCUT2D eigenvalue weighted by Crippen LogP contribution is -2.36. The average Bonchev–Trinajstić information content (AvgIpc) is 2.77. The van der Waals surface area contributed by atoms with Gasteiger partial charge in [0.15, 0.2) is 0 Å². The highest BCUT2D eigenvalue weighted by Gasteiger charge is 2.03. The van der Waals surface area contributed by atoms with E-state index < -0.39 is 0 Å². The third kappa shape index (κ3) is 4.35. The smallest absolute Gasteiger partial charge is 0.321 e. The van der Waals surface area contributed by atoms with Gasteiger partial charge in [-0.3, -0.25) is 5.32 Å². The molecule has 0 atom stereocenters. The Balaban J connectivity index is 2.15. The van der Waals surface area contributed by atoms with Gasteiger partial charge in [0.25, 0.3) is 0 Å². The summed E-state index contributed by atoms with van der Waals surface area (Å²) in [5.74, 6) is 0.459. The van der Waals surface area contributed by atoms with Crippen molar-refractivity contribution in [1.82, 2.24) is 10.2 Å². The zero-order valence-electron chi connectivity index (χ0n) is 9.82. The standard InChI is InChI=1S/C11H19N3O2/c1-3-14(4-2)8-7-12-11(15)13-10-6-5-9-16-10/h5-6,9H,3-4,7-8H2,1-2H3,(H2,12,13,15). The third-order valence-electron chi connectivity index (χ3n) is 2.37. The quantitative estimate of drug-likeness (QED) is 0.775. The minimum Gasteiger partial charge on any atom is -0.449 e. The Morgan fingerprint density at radius 2 is 2.19 bits per heavy atom. The lowest BCUT2D eigenvalue weighted by molar-refractivity contribution is 0.247. The molecule has 5 nitrogen and oxygen atoms in total. The molecule has 0 aliphatic heterocycles. The highest BCUT2D eigenvalue weighted by molar-refractivity contribution is 5.87. The van der Waals surface area contributed by atoms with Crippen LogP contribution in [0.5, 0.6) is 0 Å². The molecule has 0 saturated carbocycles. The molecule has 0 bridgehead atoms. The molecule has 0 fully saturated rings. The maximum atomic E-state index is 11.4. The number of amides is 2. The number of carbonyl (C=O) groups is 1. The van der Waals surface area contributed by atoms with Gasteiger partial charge in [0, 0.05) is 19.2 Å². The van der Waals surface area contributed by atoms with Crippen LogP contribution in [-0.4, -0.2) is 37.1 Å². The minimum absolute atomic E-state index is 0.234. The molecule has 0 unspecified atom stereocenters. The van der Waals surface area contributed by atoms with Crippen molar-refractivity contribution >= 4 is 11.9 Å². The van der Waals surface area contributed by atoms with Gasteiger partial charge in [-0.25, -0.2) is 4.79 Å². The fraction of sp³-hybridized carbons (Fsp3) is 0.545. The van der Waals surface area contributed by atoms with Crippen LogP contribution in [0.25, 0.3) is 0 Å². The number of hydrogen-bond donors (Lipinski definition) is 2. The molecule has 1 aromatic heterocycles. The van der Waals surface area contributed by atoms with E-state index in [4.69, 9.17) is 4.42 Å². The molecule has 1 rings (SSSR count). The number of likely N-dealkylation sites (N-methyl/N-ethyl adjacent to an activating group) is 1. The topological polar surface area (TPSA) is 57.5 Å². The fourth-order valence-electron chi connectivity index (χ4n) is 1.37. The molecule has 0 aliphatic rings. The SMILES string of the molecule is CCN(CC)CCNC(=O)Nc1ccco1. The van der Waals surface area contributed by atoms with Gasteiger partial charge in [0.05, 0.1) is 6.26 Å². The van der Waals surface area contributed by atoms with Crippen LogP contribution in [0.15, 0.2) is 22.8 Å². The molecule has 0 saturated heterocycles. The second-order valence-electron chi connectivity index (χ2n) is 3.39. The molecular formula is C11H19N3O2. The van der Waals surface area contributed by atoms with E-state index >= 15 is 0 Å². The van der Waals surface area contributed by atoms with Crippen molar-refractivity contribution in [3.05, 3.63) is 18.4 Å². The van der Waals surface area contributed by atoms with E-state index in [1.54, 1.807) is 12.1 Å². The van der Waals surface area contributed by atoms with Gasteiger partial charge in [-0.15, -0.1) is 0 Å². The van der Waals surface area contributed by atoms with E-state index in [1.165, 1.54) is 6.26 Å². The molecule has 0 radical (unpaired) electrons. The first kappa shape index (κ1) is 12.6. The van der Waals surface area contributed by atoms with Gasteiger partial charge < -0.3 is 14.6 Å². The summed E-state index contributed by atoms with van der Waals surface area (Å²) in [6.45, 7) is 7.70. The number of nitrogens with zero attached hydrogens (tertiary/aromatic N) is 1. The summed E-state index contributed by atoms with van der Waals surface area (Å²) in [5.41, 5.74) is 0. The molecule has 1 heterocycles. The normalized spacial score (nSPS) is 10.4. The number of carbonyl (C=O) groups excluding carboxylic acids is 1. The van der Waals surface area contributed by atoms with Crippen molar-refractivity contribution in [2.75, 3.05) is 31.5 Å². The molecule has 1 aromatic rings. The number of anilines is 1. The summed E-state index contributed by atoms with van der Waals surface area (Å²) < 4.78 is 4.99. The molecule has 0 aromatic carbocycles. The van der Waals surface area contributed by atoms with Gasteiger partial charge in [0.2, 0.25) is 5.88 Å². The first-order valence-electron chi connectivity index (χ1n) is 5.57. The number of hydrogen-bond acceptors (Lipinski definition) is 3. The molecule has 0 aliphatic carbocycles. The van der Waals surface area contributed by atoms with Gasteiger partial charge in [-0.2, -0.15) is 0 Å². The van der Waals surface area contributed by atoms with Crippen LogP contribution in [0.1, 0.15) is 13.8 Å². The van der Waals surface area contributed by atoms with Gasteiger partial charge in [-0.1, -0.05) is 13.8 Å². The molecule has 90 valence electrons. The molecule has 16 heavy (non-hydrogen) atoms. The van der Waals surface area contributed by atoms with Crippen LogP contribution in [0, 0.1) is 0 Å². The van der Waals surface area contributed by atoms with Crippen molar-refractivity contribution < 1.29 is 9.21 Å². The van der Waals surface area contributed by atoms with Crippen molar-refractivity contribution in [3.8, 4) is 0 Å². The maximum absolute atomic E-state index is 11.4. The second kappa shape index (κ2) is 6.90. The Morgan fingerprint density at radius 3 is 2.75 bits per heavy atom. The Kier molecular flexibility index (Phi) is 5.42. The van der Waals surface area contributed by atoms with E-state index in [0.29, 0.717) is 12.4 Å². The van der Waals surface area contributed by atoms with Crippen LogP contribution >= 0.6 is 0 Å².